The Bertz CT molecular complexity index is 888. The third kappa shape index (κ3) is 8.79. The Morgan fingerprint density at radius 3 is 2.58 bits per heavy atom. The van der Waals surface area contributed by atoms with Gasteiger partial charge >= 0.3 is 0 Å². The van der Waals surface area contributed by atoms with Crippen LogP contribution in [0.5, 0.6) is 5.75 Å². The van der Waals surface area contributed by atoms with Crippen molar-refractivity contribution in [3.63, 3.8) is 0 Å². The maximum Gasteiger partial charge on any atom is 0.242 e. The summed E-state index contributed by atoms with van der Waals surface area (Å²) in [6.07, 6.45) is 12.4. The first-order valence-corrected chi connectivity index (χ1v) is 13.6. The molecule has 7 nitrogen and oxygen atoms in total. The van der Waals surface area contributed by atoms with Crippen LogP contribution in [0.3, 0.4) is 0 Å². The number of methoxy groups -OCH3 is 1. The van der Waals surface area contributed by atoms with Gasteiger partial charge in [0, 0.05) is 13.0 Å². The van der Waals surface area contributed by atoms with Crippen LogP contribution in [-0.2, 0) is 16.1 Å². The summed E-state index contributed by atoms with van der Waals surface area (Å²) in [5, 5.41) is 16.9. The number of nitrogens with one attached hydrogen (secondary N) is 4. The number of halogens is 1. The van der Waals surface area contributed by atoms with Crippen molar-refractivity contribution in [2.45, 2.75) is 96.6 Å². The van der Waals surface area contributed by atoms with Gasteiger partial charge in [-0.2, -0.15) is 0 Å². The van der Waals surface area contributed by atoms with Gasteiger partial charge in [-0.25, -0.2) is 4.39 Å². The monoisotopic (exact) mass is 502 g/mol. The van der Waals surface area contributed by atoms with Gasteiger partial charge in [-0.15, -0.1) is 0 Å². The zero-order valence-corrected chi connectivity index (χ0v) is 21.8. The average molecular weight is 503 g/mol. The van der Waals surface area contributed by atoms with Crippen LogP contribution in [0.2, 0.25) is 0 Å². The summed E-state index contributed by atoms with van der Waals surface area (Å²) < 4.78 is 18.7. The third-order valence-corrected chi connectivity index (χ3v) is 7.70. The molecule has 2 saturated carbocycles. The molecule has 0 spiro atoms. The summed E-state index contributed by atoms with van der Waals surface area (Å²) in [5.41, 5.74) is 0.722. The van der Waals surface area contributed by atoms with Crippen molar-refractivity contribution < 1.29 is 18.7 Å². The van der Waals surface area contributed by atoms with E-state index in [-0.39, 0.29) is 30.1 Å². The quantitative estimate of drug-likeness (QED) is 0.251. The van der Waals surface area contributed by atoms with E-state index in [1.165, 1.54) is 38.9 Å². The van der Waals surface area contributed by atoms with Gasteiger partial charge in [0.05, 0.1) is 7.11 Å². The Hall–Kier alpha value is -2.64. The Morgan fingerprint density at radius 2 is 1.86 bits per heavy atom. The van der Waals surface area contributed by atoms with Gasteiger partial charge in [-0.3, -0.25) is 20.3 Å². The molecule has 0 bridgehead atoms. The molecule has 2 aliphatic rings. The predicted molar refractivity (Wildman–Crippen MR) is 139 cm³/mol. The second-order valence-corrected chi connectivity index (χ2v) is 10.6. The molecule has 0 aliphatic heterocycles. The molecule has 8 heteroatoms. The van der Waals surface area contributed by atoms with Crippen LogP contribution in [0.4, 0.5) is 4.39 Å². The molecule has 1 aromatic carbocycles. The molecular weight excluding hydrogens is 459 g/mol. The number of hydrogen-bond donors (Lipinski definition) is 4. The molecule has 4 N–H and O–H groups in total. The van der Waals surface area contributed by atoms with E-state index in [9.17, 15) is 14.0 Å². The van der Waals surface area contributed by atoms with E-state index in [0.29, 0.717) is 24.7 Å². The minimum Gasteiger partial charge on any atom is -0.494 e. The zero-order chi connectivity index (χ0) is 25.9. The molecule has 0 heterocycles. The number of ether oxygens (including phenoxy) is 1. The normalized spacial score (nSPS) is 21.0. The van der Waals surface area contributed by atoms with Crippen LogP contribution in [0.25, 0.3) is 0 Å². The van der Waals surface area contributed by atoms with Crippen LogP contribution in [0.15, 0.2) is 18.2 Å². The summed E-state index contributed by atoms with van der Waals surface area (Å²) in [6, 6.07) is 3.87. The zero-order valence-electron chi connectivity index (χ0n) is 21.8. The first-order chi connectivity index (χ1) is 17.4. The van der Waals surface area contributed by atoms with Gasteiger partial charge in [-0.1, -0.05) is 64.4 Å². The van der Waals surface area contributed by atoms with Gasteiger partial charge in [0.1, 0.15) is 6.04 Å². The molecule has 200 valence electrons. The highest BCUT2D eigenvalue weighted by molar-refractivity contribution is 5.97. The van der Waals surface area contributed by atoms with Gasteiger partial charge in [0.15, 0.2) is 17.5 Å². The fourth-order valence-electron chi connectivity index (χ4n) is 5.81. The first kappa shape index (κ1) is 27.9. The summed E-state index contributed by atoms with van der Waals surface area (Å²) >= 11 is 0. The molecule has 2 amide bonds. The molecule has 1 aromatic rings. The van der Waals surface area contributed by atoms with Crippen molar-refractivity contribution in [2.24, 2.45) is 17.8 Å². The lowest BCUT2D eigenvalue weighted by Crippen LogP contribution is -2.52. The number of guanidine groups is 1. The van der Waals surface area contributed by atoms with Crippen molar-refractivity contribution >= 4 is 17.8 Å². The largest absolute Gasteiger partial charge is 0.494 e. The van der Waals surface area contributed by atoms with Crippen molar-refractivity contribution in [1.29, 1.82) is 5.41 Å². The van der Waals surface area contributed by atoms with E-state index in [0.717, 1.165) is 50.0 Å². The SMILES string of the molecule is CCC[C@@H]1CCC(CC(=O)NC(=N)N[C@H](CC2CCCCC2)C(=O)NCc2ccc(F)c(OC)c2)C1. The molecule has 3 atom stereocenters. The van der Waals surface area contributed by atoms with Crippen molar-refractivity contribution in [1.82, 2.24) is 16.0 Å². The molecule has 36 heavy (non-hydrogen) atoms. The Morgan fingerprint density at radius 1 is 1.11 bits per heavy atom. The van der Waals surface area contributed by atoms with Crippen LogP contribution >= 0.6 is 0 Å². The van der Waals surface area contributed by atoms with E-state index in [1.54, 1.807) is 12.1 Å². The second kappa shape index (κ2) is 14.2. The van der Waals surface area contributed by atoms with Crippen LogP contribution in [0.1, 0.15) is 89.5 Å². The number of carbonyl (C=O) groups excluding carboxylic acids is 2. The lowest BCUT2D eigenvalue weighted by atomic mass is 9.84. The molecule has 1 unspecified atom stereocenters. The molecule has 2 fully saturated rings. The van der Waals surface area contributed by atoms with E-state index >= 15 is 0 Å². The highest BCUT2D eigenvalue weighted by atomic mass is 19.1. The maximum absolute atomic E-state index is 13.7. The fourth-order valence-corrected chi connectivity index (χ4v) is 5.81. The van der Waals surface area contributed by atoms with E-state index in [1.807, 2.05) is 0 Å². The lowest BCUT2D eigenvalue weighted by Gasteiger charge is -2.27. The number of hydrogen-bond acceptors (Lipinski definition) is 4. The summed E-state index contributed by atoms with van der Waals surface area (Å²) in [4.78, 5) is 25.7. The van der Waals surface area contributed by atoms with Crippen molar-refractivity contribution in [2.75, 3.05) is 7.11 Å². The van der Waals surface area contributed by atoms with Crippen LogP contribution in [0, 0.1) is 29.0 Å². The highest BCUT2D eigenvalue weighted by Crippen LogP contribution is 2.35. The Labute approximate surface area is 214 Å². The minimum atomic E-state index is -0.622. The molecule has 2 aliphatic carbocycles. The summed E-state index contributed by atoms with van der Waals surface area (Å²) in [6.45, 7) is 2.42. The topological polar surface area (TPSA) is 103 Å². The Kier molecular flexibility index (Phi) is 11.0. The smallest absolute Gasteiger partial charge is 0.242 e. The van der Waals surface area contributed by atoms with Crippen LogP contribution < -0.4 is 20.7 Å². The van der Waals surface area contributed by atoms with Gasteiger partial charge in [0.25, 0.3) is 0 Å². The molecule has 0 aromatic heterocycles. The van der Waals surface area contributed by atoms with Crippen molar-refractivity contribution in [3.05, 3.63) is 29.6 Å². The lowest BCUT2D eigenvalue weighted by molar-refractivity contribution is -0.124. The standard InChI is InChI=1S/C28H43FN4O3/c1-3-7-19-10-11-21(14-19)17-26(34)33-28(30)32-24(15-20-8-5-4-6-9-20)27(35)31-18-22-12-13-23(29)25(16-22)36-2/h12-13,16,19-21,24H,3-11,14-15,17-18H2,1-2H3,(H,31,35)(H3,30,32,33,34)/t19-,21?,24-/m1/s1. The van der Waals surface area contributed by atoms with E-state index in [4.69, 9.17) is 10.1 Å². The summed E-state index contributed by atoms with van der Waals surface area (Å²) in [7, 11) is 1.40. The molecule has 3 rings (SSSR count). The third-order valence-electron chi connectivity index (χ3n) is 7.70. The van der Waals surface area contributed by atoms with E-state index < -0.39 is 11.9 Å². The molecule has 0 saturated heterocycles. The van der Waals surface area contributed by atoms with Gasteiger partial charge in [0.2, 0.25) is 11.8 Å². The number of amides is 2. The van der Waals surface area contributed by atoms with Crippen LogP contribution in [-0.4, -0.2) is 30.9 Å². The first-order valence-electron chi connectivity index (χ1n) is 13.6. The molecular formula is C28H43FN4O3. The number of carbonyl (C=O) groups is 2. The summed E-state index contributed by atoms with van der Waals surface area (Å²) in [5.74, 6) is 0.663. The fraction of sp³-hybridized carbons (Fsp3) is 0.679. The average Bonchev–Trinajstić information content (AvgIpc) is 3.30. The predicted octanol–water partition coefficient (Wildman–Crippen LogP) is 5.04. The second-order valence-electron chi connectivity index (χ2n) is 10.6. The molecule has 0 radical (unpaired) electrons. The van der Waals surface area contributed by atoms with Gasteiger partial charge in [-0.05, 0) is 54.7 Å². The van der Waals surface area contributed by atoms with E-state index in [2.05, 4.69) is 22.9 Å². The number of rotatable bonds is 11. The minimum absolute atomic E-state index is 0.123. The Balaban J connectivity index is 1.54. The van der Waals surface area contributed by atoms with Gasteiger partial charge < -0.3 is 15.4 Å². The van der Waals surface area contributed by atoms with Crippen molar-refractivity contribution in [3.8, 4) is 5.75 Å². The highest BCUT2D eigenvalue weighted by Gasteiger charge is 2.28. The number of benzene rings is 1. The maximum atomic E-state index is 13.7.